The topological polar surface area (TPSA) is 82.1 Å². The Bertz CT molecular complexity index is 923. The Kier molecular flexibility index (Phi) is 9.47. The lowest BCUT2D eigenvalue weighted by Crippen LogP contribution is -2.41. The molecule has 0 aliphatic rings. The number of ether oxygens (including phenoxy) is 3. The number of benzene rings is 2. The van der Waals surface area contributed by atoms with E-state index < -0.39 is 29.8 Å². The lowest BCUT2D eigenvalue weighted by Gasteiger charge is -2.33. The Labute approximate surface area is 188 Å². The number of amides is 1. The Morgan fingerprint density at radius 3 is 2.22 bits per heavy atom. The van der Waals surface area contributed by atoms with Crippen LogP contribution in [0.2, 0.25) is 0 Å². The Hall–Kier alpha value is -3.61. The van der Waals surface area contributed by atoms with Crippen LogP contribution in [0.4, 0.5) is 5.69 Å². The number of esters is 2. The molecule has 2 unspecified atom stereocenters. The van der Waals surface area contributed by atoms with Crippen LogP contribution in [0.3, 0.4) is 0 Å². The molecule has 0 radical (unpaired) electrons. The maximum Gasteiger partial charge on any atom is 0.330 e. The van der Waals surface area contributed by atoms with Crippen LogP contribution in [0, 0.1) is 5.92 Å². The smallest absolute Gasteiger partial charge is 0.330 e. The summed E-state index contributed by atoms with van der Waals surface area (Å²) >= 11 is 0. The molecule has 0 N–H and O–H groups in total. The summed E-state index contributed by atoms with van der Waals surface area (Å²) in [5.41, 5.74) is 1.44. The normalized spacial score (nSPS) is 12.6. The van der Waals surface area contributed by atoms with Crippen LogP contribution in [0.5, 0.6) is 5.75 Å². The van der Waals surface area contributed by atoms with Crippen LogP contribution in [-0.2, 0) is 23.9 Å². The zero-order valence-electron chi connectivity index (χ0n) is 18.8. The molecule has 32 heavy (non-hydrogen) atoms. The van der Waals surface area contributed by atoms with E-state index in [4.69, 9.17) is 14.2 Å². The first-order chi connectivity index (χ1) is 15.4. The van der Waals surface area contributed by atoms with Crippen molar-refractivity contribution in [3.05, 3.63) is 72.3 Å². The molecule has 2 rings (SSSR count). The number of carbonyl (C=O) groups excluding carboxylic acids is 3. The molecule has 0 spiro atoms. The molecule has 0 saturated carbocycles. The molecule has 0 aromatic heterocycles. The van der Waals surface area contributed by atoms with E-state index >= 15 is 0 Å². The number of methoxy groups -OCH3 is 2. The van der Waals surface area contributed by atoms with E-state index in [0.29, 0.717) is 17.9 Å². The van der Waals surface area contributed by atoms with Gasteiger partial charge in [0.25, 0.3) is 0 Å². The molecule has 0 heterocycles. The first-order valence-electron chi connectivity index (χ1n) is 10.4. The Balaban J connectivity index is 2.52. The second kappa shape index (κ2) is 12.3. The summed E-state index contributed by atoms with van der Waals surface area (Å²) in [7, 11) is 2.81. The fourth-order valence-corrected chi connectivity index (χ4v) is 3.24. The van der Waals surface area contributed by atoms with E-state index in [1.165, 1.54) is 20.1 Å². The van der Waals surface area contributed by atoms with Crippen LogP contribution in [0.1, 0.15) is 31.9 Å². The van der Waals surface area contributed by atoms with E-state index in [1.54, 1.807) is 49.3 Å². The predicted molar refractivity (Wildman–Crippen MR) is 121 cm³/mol. The van der Waals surface area contributed by atoms with Crippen molar-refractivity contribution in [2.24, 2.45) is 5.92 Å². The average molecular weight is 440 g/mol. The maximum absolute atomic E-state index is 13.5. The van der Waals surface area contributed by atoms with Crippen molar-refractivity contribution in [1.29, 1.82) is 0 Å². The average Bonchev–Trinajstić information content (AvgIpc) is 2.83. The van der Waals surface area contributed by atoms with Crippen LogP contribution < -0.4 is 9.64 Å². The van der Waals surface area contributed by atoms with Gasteiger partial charge < -0.3 is 19.1 Å². The summed E-state index contributed by atoms with van der Waals surface area (Å²) in [4.78, 5) is 39.0. The number of carbonyl (C=O) groups is 3. The minimum absolute atomic E-state index is 0.276. The second-order valence-corrected chi connectivity index (χ2v) is 6.97. The monoisotopic (exact) mass is 439 g/mol. The van der Waals surface area contributed by atoms with Gasteiger partial charge >= 0.3 is 11.9 Å². The molecule has 0 bridgehead atoms. The third kappa shape index (κ3) is 6.44. The van der Waals surface area contributed by atoms with Crippen LogP contribution in [0.25, 0.3) is 0 Å². The zero-order valence-corrected chi connectivity index (χ0v) is 18.8. The largest absolute Gasteiger partial charge is 0.497 e. The summed E-state index contributed by atoms with van der Waals surface area (Å²) in [5.74, 6) is -1.87. The van der Waals surface area contributed by atoms with E-state index in [2.05, 4.69) is 0 Å². The highest BCUT2D eigenvalue weighted by atomic mass is 16.5. The van der Waals surface area contributed by atoms with Crippen molar-refractivity contribution in [3.63, 3.8) is 0 Å². The van der Waals surface area contributed by atoms with Gasteiger partial charge in [0, 0.05) is 11.8 Å². The SMILES string of the molecule is CCOC(=O)/C=C/CC(c1ccccc1)N(C(=O)C(C)C(=O)OC)c1ccc(OC)cc1. The predicted octanol–water partition coefficient (Wildman–Crippen LogP) is 4.09. The van der Waals surface area contributed by atoms with Crippen molar-refractivity contribution >= 4 is 23.5 Å². The van der Waals surface area contributed by atoms with Crippen LogP contribution >= 0.6 is 0 Å². The summed E-state index contributed by atoms with van der Waals surface area (Å²) < 4.78 is 15.0. The van der Waals surface area contributed by atoms with Gasteiger partial charge in [-0.3, -0.25) is 9.59 Å². The highest BCUT2D eigenvalue weighted by Crippen LogP contribution is 2.33. The molecule has 0 aliphatic carbocycles. The molecule has 1 amide bonds. The van der Waals surface area contributed by atoms with Gasteiger partial charge in [0.1, 0.15) is 11.7 Å². The number of hydrogen-bond acceptors (Lipinski definition) is 6. The third-order valence-electron chi connectivity index (χ3n) is 4.91. The van der Waals surface area contributed by atoms with Gasteiger partial charge in [-0.05, 0) is 50.1 Å². The molecule has 2 atom stereocenters. The van der Waals surface area contributed by atoms with E-state index in [9.17, 15) is 14.4 Å². The summed E-state index contributed by atoms with van der Waals surface area (Å²) in [6.07, 6.45) is 3.34. The van der Waals surface area contributed by atoms with Crippen molar-refractivity contribution in [2.75, 3.05) is 25.7 Å². The van der Waals surface area contributed by atoms with Gasteiger partial charge in [0.05, 0.1) is 26.9 Å². The van der Waals surface area contributed by atoms with E-state index in [1.807, 2.05) is 30.3 Å². The summed E-state index contributed by atoms with van der Waals surface area (Å²) in [5, 5.41) is 0. The minimum Gasteiger partial charge on any atom is -0.497 e. The fourth-order valence-electron chi connectivity index (χ4n) is 3.24. The number of hydrogen-bond donors (Lipinski definition) is 0. The second-order valence-electron chi connectivity index (χ2n) is 6.97. The first kappa shape index (κ1) is 24.7. The molecule has 7 nitrogen and oxygen atoms in total. The summed E-state index contributed by atoms with van der Waals surface area (Å²) in [6.45, 7) is 3.52. The van der Waals surface area contributed by atoms with Crippen molar-refractivity contribution < 1.29 is 28.6 Å². The van der Waals surface area contributed by atoms with Gasteiger partial charge in [-0.2, -0.15) is 0 Å². The van der Waals surface area contributed by atoms with Gasteiger partial charge in [-0.15, -0.1) is 0 Å². The van der Waals surface area contributed by atoms with Gasteiger partial charge in [-0.1, -0.05) is 36.4 Å². The lowest BCUT2D eigenvalue weighted by atomic mass is 9.98. The minimum atomic E-state index is -1.01. The van der Waals surface area contributed by atoms with Gasteiger partial charge in [0.15, 0.2) is 0 Å². The molecule has 2 aromatic rings. The van der Waals surface area contributed by atoms with E-state index in [0.717, 1.165) is 5.56 Å². The molecule has 7 heteroatoms. The highest BCUT2D eigenvalue weighted by Gasteiger charge is 2.33. The highest BCUT2D eigenvalue weighted by molar-refractivity contribution is 6.06. The van der Waals surface area contributed by atoms with Crippen LogP contribution in [0.15, 0.2) is 66.7 Å². The molecule has 0 saturated heterocycles. The molecule has 170 valence electrons. The third-order valence-corrected chi connectivity index (χ3v) is 4.91. The quantitative estimate of drug-likeness (QED) is 0.315. The standard InChI is InChI=1S/C25H29NO6/c1-5-32-23(27)13-9-12-22(19-10-7-6-8-11-19)26(24(28)18(2)25(29)31-4)20-14-16-21(30-3)17-15-20/h6-11,13-18,22H,5,12H2,1-4H3/b13-9+. The zero-order chi connectivity index (χ0) is 23.5. The molecule has 2 aromatic carbocycles. The first-order valence-corrected chi connectivity index (χ1v) is 10.4. The lowest BCUT2D eigenvalue weighted by molar-refractivity contribution is -0.148. The van der Waals surface area contributed by atoms with Gasteiger partial charge in [0.2, 0.25) is 5.91 Å². The van der Waals surface area contributed by atoms with Crippen molar-refractivity contribution in [3.8, 4) is 5.75 Å². The van der Waals surface area contributed by atoms with E-state index in [-0.39, 0.29) is 6.61 Å². The molecular formula is C25H29NO6. The maximum atomic E-state index is 13.5. The fraction of sp³-hybridized carbons (Fsp3) is 0.320. The van der Waals surface area contributed by atoms with Crippen LogP contribution in [-0.4, -0.2) is 38.7 Å². The molecular weight excluding hydrogens is 410 g/mol. The molecule has 0 aliphatic heterocycles. The molecule has 0 fully saturated rings. The Morgan fingerprint density at radius 1 is 1.00 bits per heavy atom. The van der Waals surface area contributed by atoms with Crippen molar-refractivity contribution in [2.45, 2.75) is 26.3 Å². The number of nitrogens with zero attached hydrogens (tertiary/aromatic N) is 1. The number of anilines is 1. The van der Waals surface area contributed by atoms with Crippen molar-refractivity contribution in [1.82, 2.24) is 0 Å². The van der Waals surface area contributed by atoms with Gasteiger partial charge in [-0.25, -0.2) is 4.79 Å². The number of rotatable bonds is 10. The Morgan fingerprint density at radius 2 is 1.66 bits per heavy atom. The summed E-state index contributed by atoms with van der Waals surface area (Å²) in [6, 6.07) is 15.9.